The molecule has 0 fully saturated rings. The van der Waals surface area contributed by atoms with Crippen LogP contribution in [0, 0.1) is 0 Å². The molecular weight excluding hydrogens is 205 g/mol. The van der Waals surface area contributed by atoms with Crippen molar-refractivity contribution in [2.45, 2.75) is 0 Å². The topological polar surface area (TPSA) is 29.1 Å². The van der Waals surface area contributed by atoms with Gasteiger partial charge in [-0.25, -0.2) is 0 Å². The number of nitrogens with one attached hydrogen (secondary N) is 1. The van der Waals surface area contributed by atoms with Crippen LogP contribution in [0.1, 0.15) is 0 Å². The molecule has 1 aromatic rings. The molecule has 0 spiro atoms. The van der Waals surface area contributed by atoms with E-state index in [0.717, 1.165) is 5.00 Å². The van der Waals surface area contributed by atoms with Gasteiger partial charge in [0, 0.05) is 0 Å². The molecule has 0 saturated heterocycles. The lowest BCUT2D eigenvalue weighted by atomic mass is 10.6. The van der Waals surface area contributed by atoms with E-state index in [0.29, 0.717) is 4.34 Å². The zero-order chi connectivity index (χ0) is 8.27. The van der Waals surface area contributed by atoms with Crippen LogP contribution >= 0.6 is 34.5 Å². The summed E-state index contributed by atoms with van der Waals surface area (Å²) in [5.41, 5.74) is 0. The molecule has 1 N–H and O–H groups in total. The molecule has 0 amide bonds. The third-order valence-electron chi connectivity index (χ3n) is 0.975. The van der Waals surface area contributed by atoms with E-state index in [4.69, 9.17) is 23.2 Å². The van der Waals surface area contributed by atoms with Gasteiger partial charge in [-0.3, -0.25) is 4.79 Å². The van der Waals surface area contributed by atoms with Crippen molar-refractivity contribution in [3.8, 4) is 0 Å². The molecular formula is C6H5Cl2NOS. The Morgan fingerprint density at radius 3 is 2.82 bits per heavy atom. The molecule has 0 bridgehead atoms. The minimum Gasteiger partial charge on any atom is -0.368 e. The first kappa shape index (κ1) is 8.84. The average molecular weight is 210 g/mol. The number of carbonyl (C=O) groups is 1. The lowest BCUT2D eigenvalue weighted by Crippen LogP contribution is -2.06. The van der Waals surface area contributed by atoms with Gasteiger partial charge in [0.25, 0.3) is 0 Å². The van der Waals surface area contributed by atoms with Crippen molar-refractivity contribution in [1.29, 1.82) is 0 Å². The van der Waals surface area contributed by atoms with Crippen molar-refractivity contribution in [2.75, 3.05) is 11.9 Å². The van der Waals surface area contributed by atoms with Crippen LogP contribution in [0.2, 0.25) is 4.34 Å². The molecule has 0 saturated carbocycles. The van der Waals surface area contributed by atoms with Gasteiger partial charge in [-0.1, -0.05) is 11.6 Å². The molecule has 1 rings (SSSR count). The van der Waals surface area contributed by atoms with E-state index in [1.807, 2.05) is 0 Å². The quantitative estimate of drug-likeness (QED) is 0.776. The van der Waals surface area contributed by atoms with Crippen molar-refractivity contribution >= 4 is 44.8 Å². The van der Waals surface area contributed by atoms with Crippen LogP contribution in [-0.4, -0.2) is 11.8 Å². The molecule has 1 heterocycles. The Labute approximate surface area is 78.1 Å². The molecule has 0 radical (unpaired) electrons. The van der Waals surface area contributed by atoms with Gasteiger partial charge in [-0.05, 0) is 23.7 Å². The van der Waals surface area contributed by atoms with Crippen molar-refractivity contribution in [2.24, 2.45) is 0 Å². The third kappa shape index (κ3) is 3.10. The maximum Gasteiger partial charge on any atom is 0.240 e. The van der Waals surface area contributed by atoms with Crippen LogP contribution in [0.15, 0.2) is 12.1 Å². The molecule has 0 atom stereocenters. The number of carbonyl (C=O) groups excluding carboxylic acids is 1. The highest BCUT2D eigenvalue weighted by Gasteiger charge is 1.98. The first-order valence-electron chi connectivity index (χ1n) is 2.86. The van der Waals surface area contributed by atoms with Gasteiger partial charge < -0.3 is 5.32 Å². The van der Waals surface area contributed by atoms with Gasteiger partial charge in [-0.15, -0.1) is 11.3 Å². The Morgan fingerprint density at radius 2 is 2.36 bits per heavy atom. The Hall–Kier alpha value is -0.250. The van der Waals surface area contributed by atoms with Crippen LogP contribution < -0.4 is 5.32 Å². The minimum absolute atomic E-state index is 0.137. The zero-order valence-corrected chi connectivity index (χ0v) is 7.76. The van der Waals surface area contributed by atoms with Gasteiger partial charge in [0.2, 0.25) is 5.24 Å². The van der Waals surface area contributed by atoms with Crippen molar-refractivity contribution in [3.63, 3.8) is 0 Å². The first-order chi connectivity index (χ1) is 5.18. The van der Waals surface area contributed by atoms with Crippen LogP contribution in [0.4, 0.5) is 5.00 Å². The molecule has 11 heavy (non-hydrogen) atoms. The van der Waals surface area contributed by atoms with Crippen molar-refractivity contribution in [1.82, 2.24) is 0 Å². The van der Waals surface area contributed by atoms with Crippen molar-refractivity contribution < 1.29 is 4.79 Å². The molecule has 60 valence electrons. The van der Waals surface area contributed by atoms with E-state index in [-0.39, 0.29) is 6.54 Å². The monoisotopic (exact) mass is 209 g/mol. The normalized spacial score (nSPS) is 9.64. The van der Waals surface area contributed by atoms with Crippen LogP contribution in [0.25, 0.3) is 0 Å². The van der Waals surface area contributed by atoms with Gasteiger partial charge >= 0.3 is 0 Å². The van der Waals surface area contributed by atoms with E-state index >= 15 is 0 Å². The summed E-state index contributed by atoms with van der Waals surface area (Å²) in [5, 5.41) is 3.26. The summed E-state index contributed by atoms with van der Waals surface area (Å²) >= 11 is 12.1. The fraction of sp³-hybridized carbons (Fsp3) is 0.167. The smallest absolute Gasteiger partial charge is 0.240 e. The lowest BCUT2D eigenvalue weighted by Gasteiger charge is -1.95. The number of thiophene rings is 1. The van der Waals surface area contributed by atoms with Gasteiger partial charge in [-0.2, -0.15) is 0 Å². The average Bonchev–Trinajstić information content (AvgIpc) is 2.31. The highest BCUT2D eigenvalue weighted by molar-refractivity contribution is 7.19. The van der Waals surface area contributed by atoms with Crippen LogP contribution in [-0.2, 0) is 4.79 Å². The van der Waals surface area contributed by atoms with Gasteiger partial charge in [0.15, 0.2) is 0 Å². The Bertz CT molecular complexity index is 261. The maximum absolute atomic E-state index is 10.3. The number of hydrogen-bond acceptors (Lipinski definition) is 3. The number of rotatable bonds is 3. The largest absolute Gasteiger partial charge is 0.368 e. The predicted octanol–water partition coefficient (Wildman–Crippen LogP) is 2.58. The minimum atomic E-state index is -0.408. The fourth-order valence-electron chi connectivity index (χ4n) is 0.566. The second-order valence-corrected chi connectivity index (χ2v) is 3.95. The van der Waals surface area contributed by atoms with Crippen LogP contribution in [0.3, 0.4) is 0 Å². The highest BCUT2D eigenvalue weighted by Crippen LogP contribution is 2.25. The molecule has 0 aliphatic rings. The maximum atomic E-state index is 10.3. The van der Waals surface area contributed by atoms with Gasteiger partial charge in [0.05, 0.1) is 15.9 Å². The van der Waals surface area contributed by atoms with Crippen LogP contribution in [0.5, 0.6) is 0 Å². The van der Waals surface area contributed by atoms with E-state index in [2.05, 4.69) is 5.32 Å². The summed E-state index contributed by atoms with van der Waals surface area (Å²) in [6.07, 6.45) is 0. The molecule has 0 aromatic carbocycles. The Kier molecular flexibility index (Phi) is 3.17. The fourth-order valence-corrected chi connectivity index (χ4v) is 1.57. The summed E-state index contributed by atoms with van der Waals surface area (Å²) in [6, 6.07) is 3.56. The summed E-state index contributed by atoms with van der Waals surface area (Å²) in [5.74, 6) is 0. The Morgan fingerprint density at radius 1 is 1.64 bits per heavy atom. The predicted molar refractivity (Wildman–Crippen MR) is 48.7 cm³/mol. The molecule has 0 unspecified atom stereocenters. The molecule has 0 aliphatic heterocycles. The van der Waals surface area contributed by atoms with E-state index in [9.17, 15) is 4.79 Å². The van der Waals surface area contributed by atoms with Crippen molar-refractivity contribution in [3.05, 3.63) is 16.5 Å². The third-order valence-corrected chi connectivity index (χ3v) is 2.30. The first-order valence-corrected chi connectivity index (χ1v) is 4.43. The summed E-state index contributed by atoms with van der Waals surface area (Å²) < 4.78 is 0.689. The number of anilines is 1. The molecule has 5 heteroatoms. The second kappa shape index (κ2) is 3.95. The zero-order valence-electron chi connectivity index (χ0n) is 5.43. The summed E-state index contributed by atoms with van der Waals surface area (Å²) in [4.78, 5) is 10.3. The molecule has 2 nitrogen and oxygen atoms in total. The van der Waals surface area contributed by atoms with Gasteiger partial charge in [0.1, 0.15) is 0 Å². The highest BCUT2D eigenvalue weighted by atomic mass is 35.5. The molecule has 1 aromatic heterocycles. The SMILES string of the molecule is O=C(Cl)CNc1ccc(Cl)s1. The number of hydrogen-bond donors (Lipinski definition) is 1. The standard InChI is InChI=1S/C6H5Cl2NOS/c7-4(10)3-9-6-2-1-5(8)11-6/h1-2,9H,3H2. The second-order valence-electron chi connectivity index (χ2n) is 1.81. The summed E-state index contributed by atoms with van der Waals surface area (Å²) in [6.45, 7) is 0.137. The lowest BCUT2D eigenvalue weighted by molar-refractivity contribution is -0.110. The molecule has 0 aliphatic carbocycles. The summed E-state index contributed by atoms with van der Waals surface area (Å²) in [7, 11) is 0. The van der Waals surface area contributed by atoms with E-state index in [1.54, 1.807) is 12.1 Å². The van der Waals surface area contributed by atoms with E-state index < -0.39 is 5.24 Å². The number of halogens is 2. The van der Waals surface area contributed by atoms with E-state index in [1.165, 1.54) is 11.3 Å². The Balaban J connectivity index is 2.45.